The zero-order valence-corrected chi connectivity index (χ0v) is 9.37. The molecule has 3 rings (SSSR count). The first-order valence-electron chi connectivity index (χ1n) is 5.73. The van der Waals surface area contributed by atoms with Crippen LogP contribution in [0.2, 0.25) is 0 Å². The zero-order valence-electron chi connectivity index (χ0n) is 9.37. The van der Waals surface area contributed by atoms with Gasteiger partial charge >= 0.3 is 0 Å². The van der Waals surface area contributed by atoms with E-state index in [0.29, 0.717) is 17.3 Å². The molecule has 1 atom stereocenters. The summed E-state index contributed by atoms with van der Waals surface area (Å²) in [6.45, 7) is 0.821. The van der Waals surface area contributed by atoms with Crippen LogP contribution in [0.3, 0.4) is 0 Å². The molecule has 0 bridgehead atoms. The van der Waals surface area contributed by atoms with Crippen LogP contribution in [0.5, 0.6) is 0 Å². The second-order valence-electron chi connectivity index (χ2n) is 4.30. The quantitative estimate of drug-likeness (QED) is 0.725. The number of hydrogen-bond acceptors (Lipinski definition) is 4. The number of nitrogen functional groups attached to an aromatic ring is 1. The van der Waals surface area contributed by atoms with Gasteiger partial charge in [0, 0.05) is 17.8 Å². The van der Waals surface area contributed by atoms with Gasteiger partial charge in [0.25, 0.3) is 0 Å². The van der Waals surface area contributed by atoms with E-state index in [2.05, 4.69) is 10.1 Å². The summed E-state index contributed by atoms with van der Waals surface area (Å²) in [6.07, 6.45) is 1.20. The van der Waals surface area contributed by atoms with Gasteiger partial charge in [-0.3, -0.25) is 0 Å². The summed E-state index contributed by atoms with van der Waals surface area (Å²) < 4.78 is 1.78. The van der Waals surface area contributed by atoms with E-state index in [1.165, 1.54) is 0 Å². The lowest BCUT2D eigenvalue weighted by atomic mass is 10.1. The lowest BCUT2D eigenvalue weighted by Gasteiger charge is -2.16. The number of anilines is 1. The summed E-state index contributed by atoms with van der Waals surface area (Å²) in [5.41, 5.74) is 7.31. The maximum atomic E-state index is 9.83. The van der Waals surface area contributed by atoms with Crippen LogP contribution in [0.1, 0.15) is 24.8 Å². The average molecular weight is 230 g/mol. The number of nitrogens with zero attached hydrogens (tertiary/aromatic N) is 3. The molecule has 2 aromatic rings. The lowest BCUT2D eigenvalue weighted by Crippen LogP contribution is -2.16. The normalized spacial score (nSPS) is 19.0. The van der Waals surface area contributed by atoms with Gasteiger partial charge in [0.2, 0.25) is 0 Å². The Kier molecular flexibility index (Phi) is 2.33. The third kappa shape index (κ3) is 1.78. The van der Waals surface area contributed by atoms with E-state index in [1.807, 2.05) is 24.3 Å². The smallest absolute Gasteiger partial charge is 0.181 e. The molecule has 0 saturated carbocycles. The van der Waals surface area contributed by atoms with Gasteiger partial charge in [-0.05, 0) is 25.0 Å². The number of benzene rings is 1. The Hall–Kier alpha value is -1.88. The van der Waals surface area contributed by atoms with Gasteiger partial charge in [-0.2, -0.15) is 5.10 Å². The van der Waals surface area contributed by atoms with Crippen molar-refractivity contribution in [2.75, 3.05) is 5.73 Å². The SMILES string of the molecule is Nc1cccc(-c2nc3n(n2)CCCC3O)c1. The summed E-state index contributed by atoms with van der Waals surface area (Å²) in [6, 6.07) is 7.47. The highest BCUT2D eigenvalue weighted by Crippen LogP contribution is 2.26. The Bertz CT molecular complexity index is 549. The molecule has 0 radical (unpaired) electrons. The van der Waals surface area contributed by atoms with E-state index in [-0.39, 0.29) is 0 Å². The standard InChI is InChI=1S/C12H14N4O/c13-9-4-1-3-8(7-9)11-14-12-10(17)5-2-6-16(12)15-11/h1,3-4,7,10,17H,2,5-6,13H2. The van der Waals surface area contributed by atoms with Gasteiger partial charge in [0.15, 0.2) is 11.6 Å². The molecule has 0 aliphatic carbocycles. The van der Waals surface area contributed by atoms with Gasteiger partial charge in [-0.1, -0.05) is 12.1 Å². The van der Waals surface area contributed by atoms with Gasteiger partial charge < -0.3 is 10.8 Å². The average Bonchev–Trinajstić information content (AvgIpc) is 2.74. The van der Waals surface area contributed by atoms with E-state index in [0.717, 1.165) is 24.9 Å². The number of fused-ring (bicyclic) bond motifs is 1. The fourth-order valence-electron chi connectivity index (χ4n) is 2.13. The molecule has 0 amide bonds. The topological polar surface area (TPSA) is 77.0 Å². The first-order chi connectivity index (χ1) is 8.24. The molecule has 1 aliphatic rings. The molecule has 0 saturated heterocycles. The first-order valence-corrected chi connectivity index (χ1v) is 5.73. The highest BCUT2D eigenvalue weighted by atomic mass is 16.3. The van der Waals surface area contributed by atoms with E-state index in [4.69, 9.17) is 5.73 Å². The highest BCUT2D eigenvalue weighted by molar-refractivity contribution is 5.60. The second kappa shape index (κ2) is 3.85. The van der Waals surface area contributed by atoms with Crippen molar-refractivity contribution < 1.29 is 5.11 Å². The predicted molar refractivity (Wildman–Crippen MR) is 64.1 cm³/mol. The second-order valence-corrected chi connectivity index (χ2v) is 4.30. The van der Waals surface area contributed by atoms with Crippen LogP contribution in [-0.2, 0) is 6.54 Å². The minimum atomic E-state index is -0.494. The Morgan fingerprint density at radius 1 is 1.41 bits per heavy atom. The molecule has 1 unspecified atom stereocenters. The Labute approximate surface area is 98.9 Å². The highest BCUT2D eigenvalue weighted by Gasteiger charge is 2.22. The van der Waals surface area contributed by atoms with Crippen LogP contribution >= 0.6 is 0 Å². The number of aliphatic hydroxyl groups excluding tert-OH is 1. The van der Waals surface area contributed by atoms with Crippen molar-refractivity contribution in [1.82, 2.24) is 14.8 Å². The molecule has 17 heavy (non-hydrogen) atoms. The number of aliphatic hydroxyl groups is 1. The summed E-state index contributed by atoms with van der Waals surface area (Å²) in [7, 11) is 0. The van der Waals surface area contributed by atoms with Gasteiger partial charge in [0.1, 0.15) is 6.10 Å². The van der Waals surface area contributed by atoms with Crippen LogP contribution < -0.4 is 5.73 Å². The van der Waals surface area contributed by atoms with Crippen LogP contribution in [0.15, 0.2) is 24.3 Å². The molecule has 5 nitrogen and oxygen atoms in total. The summed E-state index contributed by atoms with van der Waals surface area (Å²) >= 11 is 0. The van der Waals surface area contributed by atoms with E-state index < -0.39 is 6.10 Å². The molecule has 1 aliphatic heterocycles. The van der Waals surface area contributed by atoms with Gasteiger partial charge in [0.05, 0.1) is 0 Å². The fraction of sp³-hybridized carbons (Fsp3) is 0.333. The molecule has 0 spiro atoms. The van der Waals surface area contributed by atoms with Crippen molar-refractivity contribution in [3.63, 3.8) is 0 Å². The fourth-order valence-corrected chi connectivity index (χ4v) is 2.13. The number of aromatic nitrogens is 3. The summed E-state index contributed by atoms with van der Waals surface area (Å²) in [4.78, 5) is 4.39. The van der Waals surface area contributed by atoms with Crippen molar-refractivity contribution in [3.05, 3.63) is 30.1 Å². The minimum Gasteiger partial charge on any atom is -0.399 e. The molecule has 5 heteroatoms. The molecule has 3 N–H and O–H groups in total. The monoisotopic (exact) mass is 230 g/mol. The van der Waals surface area contributed by atoms with Crippen LogP contribution in [-0.4, -0.2) is 19.9 Å². The van der Waals surface area contributed by atoms with Crippen LogP contribution in [0, 0.1) is 0 Å². The number of aryl methyl sites for hydroxylation is 1. The molecule has 1 aromatic heterocycles. The maximum absolute atomic E-state index is 9.83. The van der Waals surface area contributed by atoms with E-state index in [1.54, 1.807) is 4.68 Å². The van der Waals surface area contributed by atoms with Crippen molar-refractivity contribution in [2.24, 2.45) is 0 Å². The zero-order chi connectivity index (χ0) is 11.8. The van der Waals surface area contributed by atoms with Gasteiger partial charge in [-0.25, -0.2) is 9.67 Å². The first kappa shape index (κ1) is 10.3. The molecular formula is C12H14N4O. The van der Waals surface area contributed by atoms with E-state index in [9.17, 15) is 5.11 Å². The molecule has 88 valence electrons. The summed E-state index contributed by atoms with van der Waals surface area (Å²) in [5, 5.41) is 14.2. The van der Waals surface area contributed by atoms with Gasteiger partial charge in [-0.15, -0.1) is 0 Å². The lowest BCUT2D eigenvalue weighted by molar-refractivity contribution is 0.130. The summed E-state index contributed by atoms with van der Waals surface area (Å²) in [5.74, 6) is 1.29. The van der Waals surface area contributed by atoms with Crippen molar-refractivity contribution in [2.45, 2.75) is 25.5 Å². The van der Waals surface area contributed by atoms with Crippen LogP contribution in [0.25, 0.3) is 11.4 Å². The number of rotatable bonds is 1. The van der Waals surface area contributed by atoms with Crippen molar-refractivity contribution in [3.8, 4) is 11.4 Å². The Morgan fingerprint density at radius 2 is 2.29 bits per heavy atom. The Balaban J connectivity index is 2.05. The Morgan fingerprint density at radius 3 is 3.06 bits per heavy atom. The molecule has 2 heterocycles. The molecule has 0 fully saturated rings. The largest absolute Gasteiger partial charge is 0.399 e. The molecular weight excluding hydrogens is 216 g/mol. The third-order valence-electron chi connectivity index (χ3n) is 2.99. The van der Waals surface area contributed by atoms with Crippen LogP contribution in [0.4, 0.5) is 5.69 Å². The number of hydrogen-bond donors (Lipinski definition) is 2. The maximum Gasteiger partial charge on any atom is 0.181 e. The third-order valence-corrected chi connectivity index (χ3v) is 2.99. The minimum absolute atomic E-state index is 0.494. The number of nitrogens with two attached hydrogens (primary N) is 1. The van der Waals surface area contributed by atoms with Crippen molar-refractivity contribution >= 4 is 5.69 Å². The van der Waals surface area contributed by atoms with Crippen molar-refractivity contribution in [1.29, 1.82) is 0 Å². The molecule has 1 aromatic carbocycles. The van der Waals surface area contributed by atoms with E-state index >= 15 is 0 Å². The predicted octanol–water partition coefficient (Wildman–Crippen LogP) is 1.35.